The highest BCUT2D eigenvalue weighted by Gasteiger charge is 2.23. The maximum Gasteiger partial charge on any atom is 0.316 e. The Morgan fingerprint density at radius 2 is 1.86 bits per heavy atom. The van der Waals surface area contributed by atoms with Gasteiger partial charge in [0.25, 0.3) is 0 Å². The lowest BCUT2D eigenvalue weighted by molar-refractivity contribution is -0.137. The fraction of sp³-hybridized carbons (Fsp3) is 0.364. The maximum atomic E-state index is 13.4. The number of halogens is 2. The molecule has 1 N–H and O–H groups in total. The zero-order chi connectivity index (χ0) is 20.8. The number of nitrogens with zero attached hydrogens (tertiary/aromatic N) is 2. The van der Waals surface area contributed by atoms with Crippen LogP contribution < -0.4 is 10.2 Å². The molecule has 1 aliphatic rings. The average molecular weight is 401 g/mol. The summed E-state index contributed by atoms with van der Waals surface area (Å²) in [6, 6.07) is 11.5. The minimum Gasteiger partial charge on any atom is -0.348 e. The molecule has 29 heavy (non-hydrogen) atoms. The Kier molecular flexibility index (Phi) is 6.93. The Balaban J connectivity index is 1.46. The molecule has 2 aromatic rings. The third-order valence-electron chi connectivity index (χ3n) is 5.12. The van der Waals surface area contributed by atoms with Crippen LogP contribution in [0.4, 0.5) is 14.5 Å². The van der Waals surface area contributed by atoms with Crippen LogP contribution in [0.2, 0.25) is 0 Å². The minimum atomic E-state index is -1.06. The molecule has 0 atom stereocenters. The molecule has 0 bridgehead atoms. The lowest BCUT2D eigenvalue weighted by atomic mass is 10.00. The first-order valence-electron chi connectivity index (χ1n) is 9.83. The van der Waals surface area contributed by atoms with Crippen LogP contribution in [0.25, 0.3) is 0 Å². The van der Waals surface area contributed by atoms with Gasteiger partial charge in [0.2, 0.25) is 0 Å². The molecule has 0 radical (unpaired) electrons. The monoisotopic (exact) mass is 401 g/mol. The molecule has 3 rings (SSSR count). The summed E-state index contributed by atoms with van der Waals surface area (Å²) in [6.07, 6.45) is 1.74. The van der Waals surface area contributed by atoms with E-state index >= 15 is 0 Å². The molecule has 0 aromatic heterocycles. The van der Waals surface area contributed by atoms with Crippen molar-refractivity contribution in [2.45, 2.75) is 26.3 Å². The van der Waals surface area contributed by atoms with Crippen LogP contribution in [0.5, 0.6) is 0 Å². The van der Waals surface area contributed by atoms with E-state index in [0.29, 0.717) is 6.54 Å². The van der Waals surface area contributed by atoms with Crippen molar-refractivity contribution in [1.82, 2.24) is 10.2 Å². The van der Waals surface area contributed by atoms with Crippen LogP contribution in [0, 0.1) is 11.6 Å². The van der Waals surface area contributed by atoms with Gasteiger partial charge < -0.3 is 10.2 Å². The van der Waals surface area contributed by atoms with Crippen LogP contribution in [0.3, 0.4) is 0 Å². The fourth-order valence-corrected chi connectivity index (χ4v) is 3.54. The van der Waals surface area contributed by atoms with Crippen LogP contribution in [-0.2, 0) is 22.6 Å². The standard InChI is InChI=1S/C22H25F2N3O2/c1-2-27(18-8-9-19(23)20(24)14-18)22(29)21(28)25-11-5-12-26-13-10-16-6-3-4-7-17(16)15-26/h3-4,6-9,14H,2,5,10-13,15H2,1H3,(H,25,28). The van der Waals surface area contributed by atoms with E-state index in [1.807, 2.05) is 6.07 Å². The second-order valence-electron chi connectivity index (χ2n) is 7.05. The van der Waals surface area contributed by atoms with Crippen LogP contribution in [0.15, 0.2) is 42.5 Å². The van der Waals surface area contributed by atoms with Crippen molar-refractivity contribution in [3.05, 3.63) is 65.2 Å². The second kappa shape index (κ2) is 9.60. The summed E-state index contributed by atoms with van der Waals surface area (Å²) >= 11 is 0. The third-order valence-corrected chi connectivity index (χ3v) is 5.12. The fourth-order valence-electron chi connectivity index (χ4n) is 3.54. The molecule has 0 aliphatic carbocycles. The highest BCUT2D eigenvalue weighted by Crippen LogP contribution is 2.19. The summed E-state index contributed by atoms with van der Waals surface area (Å²) in [5.74, 6) is -3.59. The summed E-state index contributed by atoms with van der Waals surface area (Å²) < 4.78 is 26.5. The van der Waals surface area contributed by atoms with Gasteiger partial charge in [-0.15, -0.1) is 0 Å². The number of hydrogen-bond donors (Lipinski definition) is 1. The summed E-state index contributed by atoms with van der Waals surface area (Å²) in [7, 11) is 0. The van der Waals surface area contributed by atoms with Crippen molar-refractivity contribution >= 4 is 17.5 Å². The van der Waals surface area contributed by atoms with E-state index < -0.39 is 23.4 Å². The number of anilines is 1. The summed E-state index contributed by atoms with van der Waals surface area (Å²) in [5.41, 5.74) is 2.88. The molecule has 0 fully saturated rings. The number of rotatable bonds is 6. The predicted octanol–water partition coefficient (Wildman–Crippen LogP) is 2.88. The highest BCUT2D eigenvalue weighted by molar-refractivity contribution is 6.40. The average Bonchev–Trinajstić information content (AvgIpc) is 2.73. The van der Waals surface area contributed by atoms with Gasteiger partial charge in [0.15, 0.2) is 11.6 Å². The minimum absolute atomic E-state index is 0.151. The van der Waals surface area contributed by atoms with Gasteiger partial charge in [-0.05, 0) is 43.0 Å². The molecule has 0 unspecified atom stereocenters. The van der Waals surface area contributed by atoms with Crippen molar-refractivity contribution in [2.75, 3.05) is 31.1 Å². The van der Waals surface area contributed by atoms with Gasteiger partial charge in [0.05, 0.1) is 0 Å². The highest BCUT2D eigenvalue weighted by atomic mass is 19.2. The molecule has 1 aliphatic heterocycles. The Bertz CT molecular complexity index is 888. The molecule has 2 aromatic carbocycles. The zero-order valence-electron chi connectivity index (χ0n) is 16.5. The number of fused-ring (bicyclic) bond motifs is 1. The summed E-state index contributed by atoms with van der Waals surface area (Å²) in [5, 5.41) is 2.63. The van der Waals surface area contributed by atoms with Crippen LogP contribution in [0.1, 0.15) is 24.5 Å². The van der Waals surface area contributed by atoms with E-state index in [1.165, 1.54) is 17.2 Å². The summed E-state index contributed by atoms with van der Waals surface area (Å²) in [4.78, 5) is 28.0. The SMILES string of the molecule is CCN(C(=O)C(=O)NCCCN1CCc2ccccc2C1)c1ccc(F)c(F)c1. The smallest absolute Gasteiger partial charge is 0.316 e. The van der Waals surface area contributed by atoms with Crippen molar-refractivity contribution in [1.29, 1.82) is 0 Å². The van der Waals surface area contributed by atoms with E-state index in [4.69, 9.17) is 0 Å². The van der Waals surface area contributed by atoms with E-state index in [2.05, 4.69) is 28.4 Å². The van der Waals surface area contributed by atoms with Gasteiger partial charge in [-0.2, -0.15) is 0 Å². The molecule has 0 saturated heterocycles. The van der Waals surface area contributed by atoms with E-state index in [9.17, 15) is 18.4 Å². The number of carbonyl (C=O) groups is 2. The van der Waals surface area contributed by atoms with E-state index in [-0.39, 0.29) is 12.2 Å². The van der Waals surface area contributed by atoms with Gasteiger partial charge in [0, 0.05) is 44.5 Å². The molecule has 0 saturated carbocycles. The number of benzene rings is 2. The predicted molar refractivity (Wildman–Crippen MR) is 107 cm³/mol. The van der Waals surface area contributed by atoms with Gasteiger partial charge in [-0.3, -0.25) is 14.5 Å². The third kappa shape index (κ3) is 5.17. The number of hydrogen-bond acceptors (Lipinski definition) is 3. The van der Waals surface area contributed by atoms with Crippen LogP contribution >= 0.6 is 0 Å². The Labute approximate surface area is 169 Å². The first-order chi connectivity index (χ1) is 14.0. The molecule has 0 spiro atoms. The van der Waals surface area contributed by atoms with Crippen LogP contribution in [-0.4, -0.2) is 42.9 Å². The van der Waals surface area contributed by atoms with Crippen molar-refractivity contribution in [2.24, 2.45) is 0 Å². The second-order valence-corrected chi connectivity index (χ2v) is 7.05. The van der Waals surface area contributed by atoms with Crippen molar-refractivity contribution in [3.63, 3.8) is 0 Å². The van der Waals surface area contributed by atoms with Gasteiger partial charge in [-0.1, -0.05) is 24.3 Å². The Morgan fingerprint density at radius 3 is 2.59 bits per heavy atom. The molecule has 2 amide bonds. The molecular formula is C22H25F2N3O2. The lowest BCUT2D eigenvalue weighted by Crippen LogP contribution is -2.44. The molecule has 1 heterocycles. The molecule has 7 heteroatoms. The van der Waals surface area contributed by atoms with Gasteiger partial charge in [-0.25, -0.2) is 8.78 Å². The number of nitrogens with one attached hydrogen (secondary N) is 1. The first kappa shape index (κ1) is 20.9. The number of likely N-dealkylation sites (N-methyl/N-ethyl adjacent to an activating group) is 1. The normalized spacial score (nSPS) is 13.6. The van der Waals surface area contributed by atoms with Crippen molar-refractivity contribution in [3.8, 4) is 0 Å². The Hall–Kier alpha value is -2.80. The van der Waals surface area contributed by atoms with Crippen molar-refractivity contribution < 1.29 is 18.4 Å². The quantitative estimate of drug-likeness (QED) is 0.598. The topological polar surface area (TPSA) is 52.7 Å². The maximum absolute atomic E-state index is 13.4. The molecular weight excluding hydrogens is 376 g/mol. The molecule has 154 valence electrons. The van der Waals surface area contributed by atoms with Gasteiger partial charge in [0.1, 0.15) is 0 Å². The van der Waals surface area contributed by atoms with E-state index in [1.54, 1.807) is 6.92 Å². The molecule has 5 nitrogen and oxygen atoms in total. The first-order valence-corrected chi connectivity index (χ1v) is 9.83. The number of carbonyl (C=O) groups excluding carboxylic acids is 2. The zero-order valence-corrected chi connectivity index (χ0v) is 16.5. The summed E-state index contributed by atoms with van der Waals surface area (Å²) in [6.45, 7) is 4.90. The van der Waals surface area contributed by atoms with E-state index in [0.717, 1.165) is 49.5 Å². The lowest BCUT2D eigenvalue weighted by Gasteiger charge is -2.28. The Morgan fingerprint density at radius 1 is 1.10 bits per heavy atom. The largest absolute Gasteiger partial charge is 0.348 e. The number of amides is 2. The van der Waals surface area contributed by atoms with Gasteiger partial charge >= 0.3 is 11.8 Å².